The number of carbonyl (C=O) groups is 1. The number of nitrogens with two attached hydrogens (primary N) is 1. The second-order valence-electron chi connectivity index (χ2n) is 25.9. The molecule has 0 fully saturated rings. The molecule has 0 aliphatic rings. The molecule has 0 bridgehead atoms. The highest BCUT2D eigenvalue weighted by atomic mass is 35.5. The molecule has 16 nitrogen and oxygen atoms in total. The van der Waals surface area contributed by atoms with Crippen molar-refractivity contribution in [3.8, 4) is 5.75 Å². The summed E-state index contributed by atoms with van der Waals surface area (Å²) >= 11 is 18.0. The van der Waals surface area contributed by atoms with Crippen molar-refractivity contribution in [3.05, 3.63) is 225 Å². The number of ether oxygens (including phenoxy) is 1. The van der Waals surface area contributed by atoms with Crippen molar-refractivity contribution in [1.82, 2.24) is 33.7 Å². The van der Waals surface area contributed by atoms with Gasteiger partial charge in [-0.05, 0) is 156 Å². The number of aromatic amines is 4. The molecule has 4 atom stereocenters. The van der Waals surface area contributed by atoms with Crippen LogP contribution in [0, 0.1) is 0 Å². The highest BCUT2D eigenvalue weighted by Gasteiger charge is 2.41. The number of nitrogens with zero attached hydrogens (tertiary/aromatic N) is 1. The number of H-pyrrole nitrogens is 4. The third-order valence-corrected chi connectivity index (χ3v) is 23.3. The fourth-order valence-electron chi connectivity index (χ4n) is 11.9. The molecule has 4 unspecified atom stereocenters. The lowest BCUT2D eigenvalue weighted by atomic mass is 9.87. The van der Waals surface area contributed by atoms with Crippen LogP contribution in [-0.2, 0) is 71.4 Å². The molecule has 8 N–H and O–H groups in total. The summed E-state index contributed by atoms with van der Waals surface area (Å²) in [7, 11) is -9.95. The van der Waals surface area contributed by atoms with Crippen LogP contribution in [0.3, 0.4) is 0 Å². The van der Waals surface area contributed by atoms with E-state index in [1.165, 1.54) is 16.4 Å². The van der Waals surface area contributed by atoms with E-state index in [1.54, 1.807) is 31.4 Å². The molecule has 0 spiro atoms. The number of fused-ring (bicyclic) bond motifs is 4. The topological polar surface area (TPSA) is 245 Å². The van der Waals surface area contributed by atoms with E-state index in [0.29, 0.717) is 32.1 Å². The van der Waals surface area contributed by atoms with Crippen LogP contribution >= 0.6 is 34.8 Å². The minimum atomic E-state index is -4.12. The van der Waals surface area contributed by atoms with Crippen LogP contribution in [0.2, 0.25) is 15.1 Å². The van der Waals surface area contributed by atoms with Crippen molar-refractivity contribution in [1.29, 1.82) is 0 Å². The number of hydrogen-bond donors (Lipinski definition) is 7. The van der Waals surface area contributed by atoms with E-state index in [4.69, 9.17) is 45.3 Å². The molecule has 95 heavy (non-hydrogen) atoms. The standard InChI is InChI=1S/C33H38N4O3S.C22H28N2O3S.C18H17Cl3N2O2S/c1-5-25(18-22-20-35-29-12-8-6-10-27(22)29)37(41(39,40)26-16-14-24(15-17-26)33(2,3)4)31(32(34)38)19-23-21-36-30-13-9-7-11-28(23)30;1-15(12-16-14-23-21-11-8-18(27-5)13-20(16)21)24-28(25,26)19-9-6-17(7-10-19)22(2,3)4;1-2-13(7-11-10-22-17-6-4-3-5-14(11)17)23-26(24,25)18-15(20)8-12(19)9-16(18)21/h6-17,20-21,25,31,35-36H,5,18-19H2,1-4H3,(H2,34,38);6-11,13-15,23-24H,12H2,1-5H3;3-6,8-10,13,22-23H,2,7H2,1H3. The van der Waals surface area contributed by atoms with E-state index < -0.39 is 48.1 Å². The lowest BCUT2D eigenvalue weighted by Crippen LogP contribution is -2.54. The Hall–Kier alpha value is -7.43. The summed E-state index contributed by atoms with van der Waals surface area (Å²) in [6.07, 6.45) is 10.4. The molecule has 0 radical (unpaired) electrons. The number of methoxy groups -OCH3 is 1. The van der Waals surface area contributed by atoms with Gasteiger partial charge in [0.05, 0.1) is 26.9 Å². The Labute approximate surface area is 572 Å². The van der Waals surface area contributed by atoms with Crippen molar-refractivity contribution < 1.29 is 34.8 Å². The van der Waals surface area contributed by atoms with Gasteiger partial charge in [0.15, 0.2) is 0 Å². The highest BCUT2D eigenvalue weighted by Crippen LogP contribution is 2.35. The first kappa shape index (κ1) is 71.9. The summed E-state index contributed by atoms with van der Waals surface area (Å²) < 4.78 is 92.4. The number of amides is 1. The van der Waals surface area contributed by atoms with Crippen molar-refractivity contribution >= 4 is 114 Å². The second-order valence-corrected chi connectivity index (χ2v) is 32.4. The third kappa shape index (κ3) is 17.0. The van der Waals surface area contributed by atoms with Crippen molar-refractivity contribution in [2.45, 2.75) is 151 Å². The number of carbonyl (C=O) groups excluding carboxylic acids is 1. The number of halogens is 3. The number of primary amides is 1. The van der Waals surface area contributed by atoms with Crippen LogP contribution in [0.15, 0.2) is 191 Å². The molecule has 502 valence electrons. The van der Waals surface area contributed by atoms with Crippen LogP contribution < -0.4 is 19.9 Å². The summed E-state index contributed by atoms with van der Waals surface area (Å²) in [4.78, 5) is 26.4. The zero-order chi connectivity index (χ0) is 68.8. The SMILES string of the molecule is CCC(Cc1c[nH]c2ccccc12)N(C(Cc1c[nH]c2ccccc12)C(N)=O)S(=O)(=O)c1ccc(C(C)(C)C)cc1.CCC(Cc1c[nH]c2ccccc12)NS(=O)(=O)c1c(Cl)cc(Cl)cc1Cl.COc1ccc2[nH]cc(CC(C)NS(=O)(=O)c3ccc(C(C)(C)C)cc3)c2c1. The van der Waals surface area contributed by atoms with Crippen molar-refractivity contribution in [2.24, 2.45) is 5.73 Å². The molecule has 11 aromatic rings. The second kappa shape index (κ2) is 29.9. The molecule has 0 saturated heterocycles. The first-order valence-corrected chi connectivity index (χ1v) is 37.0. The lowest BCUT2D eigenvalue weighted by molar-refractivity contribution is -0.122. The zero-order valence-corrected chi connectivity index (χ0v) is 59.7. The first-order valence-electron chi connectivity index (χ1n) is 31.4. The van der Waals surface area contributed by atoms with E-state index in [1.807, 2.05) is 161 Å². The maximum atomic E-state index is 14.5. The molecule has 11 rings (SSSR count). The molecule has 4 heterocycles. The summed E-state index contributed by atoms with van der Waals surface area (Å²) in [6, 6.07) is 44.1. The largest absolute Gasteiger partial charge is 0.497 e. The maximum absolute atomic E-state index is 14.5. The molecule has 7 aromatic carbocycles. The number of rotatable bonds is 22. The molecule has 0 aliphatic carbocycles. The molecule has 22 heteroatoms. The quantitative estimate of drug-likeness (QED) is 0.0343. The average molecular weight is 1400 g/mol. The van der Waals surface area contributed by atoms with Gasteiger partial charge < -0.3 is 30.4 Å². The Bertz CT molecular complexity index is 4820. The van der Waals surface area contributed by atoms with Gasteiger partial charge in [-0.2, -0.15) is 4.31 Å². The third-order valence-electron chi connectivity index (χ3n) is 17.1. The number of nitrogens with one attached hydrogen (secondary N) is 6. The van der Waals surface area contributed by atoms with E-state index >= 15 is 0 Å². The van der Waals surface area contributed by atoms with Gasteiger partial charge in [0.25, 0.3) is 0 Å². The number of sulfonamides is 3. The molecule has 4 aromatic heterocycles. The van der Waals surface area contributed by atoms with Gasteiger partial charge in [-0.1, -0.05) is 169 Å². The Morgan fingerprint density at radius 2 is 0.958 bits per heavy atom. The van der Waals surface area contributed by atoms with Crippen LogP contribution in [0.4, 0.5) is 0 Å². The molecular formula is C73H83Cl3N8O8S3. The predicted molar refractivity (Wildman–Crippen MR) is 387 cm³/mol. The minimum absolute atomic E-state index is 0.00283. The van der Waals surface area contributed by atoms with Gasteiger partial charge in [0.1, 0.15) is 16.7 Å². The van der Waals surface area contributed by atoms with Gasteiger partial charge in [0, 0.05) is 98.0 Å². The number of hydrogen-bond acceptors (Lipinski definition) is 8. The Morgan fingerprint density at radius 1 is 0.526 bits per heavy atom. The zero-order valence-electron chi connectivity index (χ0n) is 54.9. The first-order chi connectivity index (χ1) is 44.9. The normalized spacial score (nSPS) is 13.7. The Morgan fingerprint density at radius 3 is 1.40 bits per heavy atom. The van der Waals surface area contributed by atoms with Gasteiger partial charge in [-0.15, -0.1) is 0 Å². The average Bonchev–Trinajstić information content (AvgIpc) is 1.48. The predicted octanol–water partition coefficient (Wildman–Crippen LogP) is 15.9. The highest BCUT2D eigenvalue weighted by molar-refractivity contribution is 7.90. The molecule has 1 amide bonds. The lowest BCUT2D eigenvalue weighted by Gasteiger charge is -2.35. The number of aromatic nitrogens is 4. The van der Waals surface area contributed by atoms with Crippen LogP contribution in [0.1, 0.15) is 109 Å². The van der Waals surface area contributed by atoms with Gasteiger partial charge in [-0.3, -0.25) is 4.79 Å². The van der Waals surface area contributed by atoms with Gasteiger partial charge >= 0.3 is 0 Å². The summed E-state index contributed by atoms with van der Waals surface area (Å²) in [6.45, 7) is 18.3. The van der Waals surface area contributed by atoms with Crippen LogP contribution in [-0.4, -0.2) is 86.7 Å². The number of benzene rings is 7. The molecule has 0 saturated carbocycles. The van der Waals surface area contributed by atoms with Crippen molar-refractivity contribution in [2.75, 3.05) is 7.11 Å². The van der Waals surface area contributed by atoms with Gasteiger partial charge in [-0.25, -0.2) is 34.7 Å². The minimum Gasteiger partial charge on any atom is -0.497 e. The van der Waals surface area contributed by atoms with Crippen LogP contribution in [0.25, 0.3) is 43.6 Å². The van der Waals surface area contributed by atoms with Gasteiger partial charge in [0.2, 0.25) is 36.0 Å². The Balaban J connectivity index is 0.000000174. The van der Waals surface area contributed by atoms with E-state index in [2.05, 4.69) is 70.9 Å². The Kier molecular flexibility index (Phi) is 22.6. The molecular weight excluding hydrogens is 1320 g/mol. The monoisotopic (exact) mass is 1400 g/mol. The maximum Gasteiger partial charge on any atom is 0.244 e. The fraction of sp³-hybridized carbons (Fsp3) is 0.301. The number of para-hydroxylation sites is 3. The summed E-state index contributed by atoms with van der Waals surface area (Å²) in [5, 5.41) is 4.37. The van der Waals surface area contributed by atoms with E-state index in [0.717, 1.165) is 82.7 Å². The fourth-order valence-corrected chi connectivity index (χ4v) is 17.8. The molecule has 0 aliphatic heterocycles. The van der Waals surface area contributed by atoms with E-state index in [9.17, 15) is 30.0 Å². The summed E-state index contributed by atoms with van der Waals surface area (Å²) in [5.74, 6) is 0.100. The van der Waals surface area contributed by atoms with Crippen LogP contribution in [0.5, 0.6) is 5.75 Å². The summed E-state index contributed by atoms with van der Waals surface area (Å²) in [5.41, 5.74) is 15.9. The smallest absolute Gasteiger partial charge is 0.244 e. The van der Waals surface area contributed by atoms with Crippen molar-refractivity contribution in [3.63, 3.8) is 0 Å². The van der Waals surface area contributed by atoms with E-state index in [-0.39, 0.29) is 59.1 Å².